The van der Waals surface area contributed by atoms with Crippen molar-refractivity contribution >= 4 is 42.8 Å². The van der Waals surface area contributed by atoms with E-state index >= 15 is 0 Å². The molecule has 21 heavy (non-hydrogen) atoms. The van der Waals surface area contributed by atoms with E-state index in [1.54, 1.807) is 11.3 Å². The van der Waals surface area contributed by atoms with E-state index < -0.39 is 0 Å². The van der Waals surface area contributed by atoms with E-state index in [4.69, 9.17) is 0 Å². The average molecular weight is 317 g/mol. The predicted octanol–water partition coefficient (Wildman–Crippen LogP) is 6.51. The second kappa shape index (κ2) is 6.67. The molecule has 3 aromatic rings. The van der Waals surface area contributed by atoms with Crippen molar-refractivity contribution in [2.75, 3.05) is 0 Å². The molecule has 0 aliphatic rings. The fraction of sp³-hybridized carbons (Fsp3) is 0.412. The number of unbranched alkanes of at least 4 members (excludes halogenated alkanes) is 3. The highest BCUT2D eigenvalue weighted by molar-refractivity contribution is 7.25. The molecule has 0 bridgehead atoms. The highest BCUT2D eigenvalue weighted by atomic mass is 32.1. The van der Waals surface area contributed by atoms with Crippen LogP contribution in [0.1, 0.15) is 43.7 Å². The summed E-state index contributed by atoms with van der Waals surface area (Å²) in [6, 6.07) is 4.36. The summed E-state index contributed by atoms with van der Waals surface area (Å²) in [5.41, 5.74) is 2.51. The normalized spacial score (nSPS) is 11.5. The van der Waals surface area contributed by atoms with Crippen LogP contribution in [0.15, 0.2) is 28.1 Å². The zero-order valence-corrected chi connectivity index (χ0v) is 13.9. The lowest BCUT2D eigenvalue weighted by Crippen LogP contribution is -1.96. The third-order valence-corrected chi connectivity index (χ3v) is 6.05. The van der Waals surface area contributed by atoms with Gasteiger partial charge in [0.1, 0.15) is 6.54 Å². The van der Waals surface area contributed by atoms with Gasteiger partial charge in [-0.3, -0.25) is 0 Å². The van der Waals surface area contributed by atoms with Crippen LogP contribution in [0, 0.1) is 4.91 Å². The Morgan fingerprint density at radius 2 is 1.62 bits per heavy atom. The van der Waals surface area contributed by atoms with Gasteiger partial charge in [-0.1, -0.05) is 31.4 Å². The van der Waals surface area contributed by atoms with Crippen molar-refractivity contribution in [3.05, 3.63) is 38.9 Å². The molecule has 0 radical (unpaired) electrons. The van der Waals surface area contributed by atoms with Crippen LogP contribution in [0.3, 0.4) is 0 Å². The van der Waals surface area contributed by atoms with Gasteiger partial charge in [-0.25, -0.2) is 0 Å². The molecule has 2 aromatic heterocycles. The lowest BCUT2D eigenvalue weighted by atomic mass is 9.95. The van der Waals surface area contributed by atoms with Gasteiger partial charge in [-0.2, -0.15) is 4.91 Å². The molecule has 0 spiro atoms. The standard InChI is InChI=1S/C17H19NOS2/c1-2-3-4-5-6-12-13-7-9-20-16(13)17-14(8-10-21-17)15(12)11-18-19/h7-10H,2-6,11H2,1H3. The molecule has 0 aliphatic carbocycles. The largest absolute Gasteiger partial charge is 0.150 e. The third kappa shape index (κ3) is 2.74. The molecule has 0 unspecified atom stereocenters. The minimum absolute atomic E-state index is 0.294. The molecule has 2 nitrogen and oxygen atoms in total. The Bertz CT molecular complexity index is 757. The van der Waals surface area contributed by atoms with Crippen LogP contribution >= 0.6 is 22.7 Å². The summed E-state index contributed by atoms with van der Waals surface area (Å²) in [6.07, 6.45) is 6.05. The maximum absolute atomic E-state index is 10.9. The first kappa shape index (κ1) is 14.7. The Morgan fingerprint density at radius 3 is 2.24 bits per heavy atom. The first-order valence-corrected chi connectivity index (χ1v) is 9.30. The molecule has 3 rings (SSSR count). The summed E-state index contributed by atoms with van der Waals surface area (Å²) in [7, 11) is 0. The van der Waals surface area contributed by atoms with Crippen LogP contribution < -0.4 is 0 Å². The van der Waals surface area contributed by atoms with E-state index in [2.05, 4.69) is 35.0 Å². The van der Waals surface area contributed by atoms with Gasteiger partial charge in [0.2, 0.25) is 0 Å². The van der Waals surface area contributed by atoms with Crippen LogP contribution in [-0.4, -0.2) is 0 Å². The van der Waals surface area contributed by atoms with Gasteiger partial charge in [-0.05, 0) is 57.6 Å². The lowest BCUT2D eigenvalue weighted by molar-refractivity contribution is 0.666. The summed E-state index contributed by atoms with van der Waals surface area (Å²) in [4.78, 5) is 10.9. The van der Waals surface area contributed by atoms with E-state index in [0.717, 1.165) is 12.0 Å². The Morgan fingerprint density at radius 1 is 0.952 bits per heavy atom. The monoisotopic (exact) mass is 317 g/mol. The maximum Gasteiger partial charge on any atom is 0.107 e. The topological polar surface area (TPSA) is 29.4 Å². The van der Waals surface area contributed by atoms with Crippen molar-refractivity contribution in [2.24, 2.45) is 5.18 Å². The predicted molar refractivity (Wildman–Crippen MR) is 94.6 cm³/mol. The zero-order valence-electron chi connectivity index (χ0n) is 12.2. The fourth-order valence-electron chi connectivity index (χ4n) is 3.03. The molecule has 4 heteroatoms. The third-order valence-electron chi connectivity index (χ3n) is 4.05. The molecule has 0 saturated heterocycles. The van der Waals surface area contributed by atoms with Crippen molar-refractivity contribution in [3.63, 3.8) is 0 Å². The van der Waals surface area contributed by atoms with E-state index in [-0.39, 0.29) is 0 Å². The number of fused-ring (bicyclic) bond motifs is 3. The molecule has 0 saturated carbocycles. The van der Waals surface area contributed by atoms with Crippen LogP contribution in [0.25, 0.3) is 20.2 Å². The second-order valence-corrected chi connectivity index (χ2v) is 7.21. The van der Waals surface area contributed by atoms with E-state index in [1.807, 2.05) is 11.3 Å². The highest BCUT2D eigenvalue weighted by Gasteiger charge is 2.16. The number of benzene rings is 1. The minimum atomic E-state index is 0.294. The van der Waals surface area contributed by atoms with Gasteiger partial charge >= 0.3 is 0 Å². The van der Waals surface area contributed by atoms with E-state index in [0.29, 0.717) is 6.54 Å². The molecule has 2 heterocycles. The van der Waals surface area contributed by atoms with Crippen molar-refractivity contribution in [1.82, 2.24) is 0 Å². The summed E-state index contributed by atoms with van der Waals surface area (Å²) < 4.78 is 2.69. The highest BCUT2D eigenvalue weighted by Crippen LogP contribution is 2.40. The zero-order chi connectivity index (χ0) is 14.7. The van der Waals surface area contributed by atoms with E-state index in [1.165, 1.54) is 51.4 Å². The smallest absolute Gasteiger partial charge is 0.107 e. The van der Waals surface area contributed by atoms with Crippen LogP contribution in [0.5, 0.6) is 0 Å². The van der Waals surface area contributed by atoms with Gasteiger partial charge in [0.05, 0.1) is 9.40 Å². The number of nitrogens with zero attached hydrogens (tertiary/aromatic N) is 1. The molecule has 0 atom stereocenters. The number of aryl methyl sites for hydroxylation is 1. The molecule has 1 aromatic carbocycles. The number of thiophene rings is 2. The number of hydrogen-bond donors (Lipinski definition) is 0. The maximum atomic E-state index is 10.9. The first-order chi connectivity index (χ1) is 10.4. The van der Waals surface area contributed by atoms with Crippen LogP contribution in [-0.2, 0) is 13.0 Å². The molecule has 110 valence electrons. The number of rotatable bonds is 7. The van der Waals surface area contributed by atoms with Gasteiger partial charge in [-0.15, -0.1) is 22.7 Å². The van der Waals surface area contributed by atoms with Crippen molar-refractivity contribution in [1.29, 1.82) is 0 Å². The van der Waals surface area contributed by atoms with Crippen molar-refractivity contribution < 1.29 is 0 Å². The number of hydrogen-bond acceptors (Lipinski definition) is 4. The molecule has 0 fully saturated rings. The summed E-state index contributed by atoms with van der Waals surface area (Å²) >= 11 is 3.58. The molecular formula is C17H19NOS2. The first-order valence-electron chi connectivity index (χ1n) is 7.54. The minimum Gasteiger partial charge on any atom is -0.150 e. The van der Waals surface area contributed by atoms with Gasteiger partial charge < -0.3 is 0 Å². The molecule has 0 amide bonds. The van der Waals surface area contributed by atoms with Crippen LogP contribution in [0.4, 0.5) is 0 Å². The summed E-state index contributed by atoms with van der Waals surface area (Å²) in [6.45, 7) is 2.53. The van der Waals surface area contributed by atoms with Crippen molar-refractivity contribution in [3.8, 4) is 0 Å². The number of nitroso groups, excluding NO2 is 1. The fourth-order valence-corrected chi connectivity index (χ4v) is 5.07. The Labute approximate surface area is 132 Å². The SMILES string of the molecule is CCCCCCc1c(CN=O)c2ccsc2c2sccc12. The molecule has 0 aliphatic heterocycles. The molecule has 0 N–H and O–H groups in total. The second-order valence-electron chi connectivity index (χ2n) is 5.38. The van der Waals surface area contributed by atoms with Gasteiger partial charge in [0, 0.05) is 0 Å². The molecular weight excluding hydrogens is 298 g/mol. The average Bonchev–Trinajstić information content (AvgIpc) is 3.13. The Hall–Kier alpha value is -1.26. The van der Waals surface area contributed by atoms with Crippen molar-refractivity contribution in [2.45, 2.75) is 45.6 Å². The Kier molecular flexibility index (Phi) is 4.66. The Balaban J connectivity index is 2.10. The van der Waals surface area contributed by atoms with Gasteiger partial charge in [0.15, 0.2) is 0 Å². The lowest BCUT2D eigenvalue weighted by Gasteiger charge is -2.11. The van der Waals surface area contributed by atoms with E-state index in [9.17, 15) is 4.91 Å². The van der Waals surface area contributed by atoms with Crippen LogP contribution in [0.2, 0.25) is 0 Å². The summed E-state index contributed by atoms with van der Waals surface area (Å²) in [5, 5.41) is 10.1. The van der Waals surface area contributed by atoms with Gasteiger partial charge in [0.25, 0.3) is 0 Å². The summed E-state index contributed by atoms with van der Waals surface area (Å²) in [5.74, 6) is 0. The quantitative estimate of drug-likeness (QED) is 0.361.